The fraction of sp³-hybridized carbons (Fsp3) is 0.0667. The maximum atomic E-state index is 5.92. The van der Waals surface area contributed by atoms with Crippen molar-refractivity contribution in [2.75, 3.05) is 5.32 Å². The highest BCUT2D eigenvalue weighted by Crippen LogP contribution is 2.21. The lowest BCUT2D eigenvalue weighted by Crippen LogP contribution is -2.23. The van der Waals surface area contributed by atoms with Crippen LogP contribution >= 0.6 is 35.4 Å². The molecular formula is C15H13Cl2N3S. The van der Waals surface area contributed by atoms with Gasteiger partial charge in [0.1, 0.15) is 0 Å². The van der Waals surface area contributed by atoms with Gasteiger partial charge in [0.25, 0.3) is 0 Å². The standard InChI is InChI=1S/C15H13Cl2N3S/c1-10-2-5-12(6-3-10)19-15(21)20-18-9-11-4-7-13(16)14(17)8-11/h2-9H,1H3,(H2,19,20,21)/b18-9+. The Labute approximate surface area is 139 Å². The van der Waals surface area contributed by atoms with Crippen LogP contribution in [0.15, 0.2) is 47.6 Å². The fourth-order valence-corrected chi connectivity index (χ4v) is 2.03. The first kappa shape index (κ1) is 15.8. The molecular weight excluding hydrogens is 325 g/mol. The zero-order valence-corrected chi connectivity index (χ0v) is 13.6. The zero-order chi connectivity index (χ0) is 15.2. The first-order valence-electron chi connectivity index (χ1n) is 6.16. The minimum absolute atomic E-state index is 0.412. The molecule has 0 unspecified atom stereocenters. The molecule has 0 fully saturated rings. The lowest BCUT2D eigenvalue weighted by atomic mass is 10.2. The Morgan fingerprint density at radius 2 is 1.81 bits per heavy atom. The van der Waals surface area contributed by atoms with Gasteiger partial charge in [-0.25, -0.2) is 0 Å². The topological polar surface area (TPSA) is 36.4 Å². The van der Waals surface area contributed by atoms with E-state index >= 15 is 0 Å². The third kappa shape index (κ3) is 5.01. The monoisotopic (exact) mass is 337 g/mol. The van der Waals surface area contributed by atoms with Crippen molar-refractivity contribution in [3.05, 3.63) is 63.6 Å². The van der Waals surface area contributed by atoms with Crippen molar-refractivity contribution in [2.24, 2.45) is 5.10 Å². The summed E-state index contributed by atoms with van der Waals surface area (Å²) in [6.45, 7) is 2.03. The molecule has 0 amide bonds. The molecule has 6 heteroatoms. The summed E-state index contributed by atoms with van der Waals surface area (Å²) in [6.07, 6.45) is 1.62. The number of nitrogens with zero attached hydrogens (tertiary/aromatic N) is 1. The van der Waals surface area contributed by atoms with Crippen molar-refractivity contribution in [2.45, 2.75) is 6.92 Å². The first-order valence-corrected chi connectivity index (χ1v) is 7.33. The number of hydrogen-bond donors (Lipinski definition) is 2. The average molecular weight is 338 g/mol. The number of halogens is 2. The van der Waals surface area contributed by atoms with Crippen molar-refractivity contribution < 1.29 is 0 Å². The summed E-state index contributed by atoms with van der Waals surface area (Å²) in [5.41, 5.74) is 5.67. The van der Waals surface area contributed by atoms with E-state index in [0.29, 0.717) is 15.2 Å². The predicted molar refractivity (Wildman–Crippen MR) is 94.6 cm³/mol. The van der Waals surface area contributed by atoms with Gasteiger partial charge in [0.05, 0.1) is 16.3 Å². The molecule has 108 valence electrons. The van der Waals surface area contributed by atoms with Gasteiger partial charge in [-0.05, 0) is 49.0 Å². The van der Waals surface area contributed by atoms with Gasteiger partial charge in [-0.1, -0.05) is 47.0 Å². The van der Waals surface area contributed by atoms with Gasteiger partial charge >= 0.3 is 0 Å². The van der Waals surface area contributed by atoms with Gasteiger partial charge < -0.3 is 5.32 Å². The molecule has 0 atom stereocenters. The molecule has 0 spiro atoms. The Balaban J connectivity index is 1.89. The van der Waals surface area contributed by atoms with Crippen molar-refractivity contribution in [3.8, 4) is 0 Å². The minimum Gasteiger partial charge on any atom is -0.331 e. The van der Waals surface area contributed by atoms with Gasteiger partial charge in [-0.15, -0.1) is 0 Å². The molecule has 0 heterocycles. The lowest BCUT2D eigenvalue weighted by Gasteiger charge is -2.07. The van der Waals surface area contributed by atoms with Crippen LogP contribution in [0.4, 0.5) is 5.69 Å². The molecule has 2 N–H and O–H groups in total. The number of hydrazone groups is 1. The lowest BCUT2D eigenvalue weighted by molar-refractivity contribution is 1.05. The third-order valence-electron chi connectivity index (χ3n) is 2.63. The summed E-state index contributed by atoms with van der Waals surface area (Å²) in [5, 5.41) is 8.49. The minimum atomic E-state index is 0.412. The molecule has 0 aliphatic heterocycles. The van der Waals surface area contributed by atoms with Gasteiger partial charge in [0.2, 0.25) is 0 Å². The highest BCUT2D eigenvalue weighted by molar-refractivity contribution is 7.80. The highest BCUT2D eigenvalue weighted by atomic mass is 35.5. The second-order valence-electron chi connectivity index (χ2n) is 4.36. The molecule has 2 aromatic rings. The van der Waals surface area contributed by atoms with E-state index < -0.39 is 0 Å². The average Bonchev–Trinajstić information content (AvgIpc) is 2.45. The van der Waals surface area contributed by atoms with Crippen LogP contribution in [-0.2, 0) is 0 Å². The molecule has 3 nitrogen and oxygen atoms in total. The molecule has 2 aromatic carbocycles. The quantitative estimate of drug-likeness (QED) is 0.487. The predicted octanol–water partition coefficient (Wildman–Crippen LogP) is 4.62. The van der Waals surface area contributed by atoms with E-state index in [0.717, 1.165) is 11.3 Å². The summed E-state index contributed by atoms with van der Waals surface area (Å²) in [7, 11) is 0. The van der Waals surface area contributed by atoms with Crippen LogP contribution in [0.2, 0.25) is 10.0 Å². The van der Waals surface area contributed by atoms with Gasteiger partial charge in [0.15, 0.2) is 5.11 Å². The largest absolute Gasteiger partial charge is 0.331 e. The molecule has 21 heavy (non-hydrogen) atoms. The van der Waals surface area contributed by atoms with Crippen molar-refractivity contribution in [1.29, 1.82) is 0 Å². The smallest absolute Gasteiger partial charge is 0.191 e. The molecule has 2 rings (SSSR count). The number of hydrogen-bond acceptors (Lipinski definition) is 2. The van der Waals surface area contributed by atoms with E-state index in [1.807, 2.05) is 37.3 Å². The molecule has 0 saturated carbocycles. The number of rotatable bonds is 3. The summed E-state index contributed by atoms with van der Waals surface area (Å²) in [5.74, 6) is 0. The van der Waals surface area contributed by atoms with E-state index in [-0.39, 0.29) is 0 Å². The third-order valence-corrected chi connectivity index (χ3v) is 3.57. The molecule has 0 radical (unpaired) electrons. The van der Waals surface area contributed by atoms with Crippen LogP contribution in [0.5, 0.6) is 0 Å². The number of benzene rings is 2. The Morgan fingerprint density at radius 3 is 2.48 bits per heavy atom. The Kier molecular flexibility index (Phi) is 5.56. The van der Waals surface area contributed by atoms with Crippen LogP contribution in [0.3, 0.4) is 0 Å². The summed E-state index contributed by atoms with van der Waals surface area (Å²) < 4.78 is 0. The number of aryl methyl sites for hydroxylation is 1. The van der Waals surface area contributed by atoms with E-state index in [9.17, 15) is 0 Å². The molecule has 0 bridgehead atoms. The number of nitrogens with one attached hydrogen (secondary N) is 2. The van der Waals surface area contributed by atoms with E-state index in [2.05, 4.69) is 15.8 Å². The Hall–Kier alpha value is -1.62. The van der Waals surface area contributed by atoms with E-state index in [1.54, 1.807) is 18.3 Å². The maximum Gasteiger partial charge on any atom is 0.191 e. The summed E-state index contributed by atoms with van der Waals surface area (Å²) in [6, 6.07) is 13.2. The molecule has 0 aromatic heterocycles. The highest BCUT2D eigenvalue weighted by Gasteiger charge is 1.98. The van der Waals surface area contributed by atoms with Crippen LogP contribution in [-0.4, -0.2) is 11.3 Å². The maximum absolute atomic E-state index is 5.92. The Morgan fingerprint density at radius 1 is 1.10 bits per heavy atom. The second-order valence-corrected chi connectivity index (χ2v) is 5.59. The normalized spacial score (nSPS) is 10.6. The number of anilines is 1. The van der Waals surface area contributed by atoms with Crippen molar-refractivity contribution in [3.63, 3.8) is 0 Å². The Bertz CT molecular complexity index is 669. The van der Waals surface area contributed by atoms with Crippen LogP contribution in [0.1, 0.15) is 11.1 Å². The fourth-order valence-electron chi connectivity index (χ4n) is 1.55. The van der Waals surface area contributed by atoms with Gasteiger partial charge in [0, 0.05) is 5.69 Å². The zero-order valence-electron chi connectivity index (χ0n) is 11.2. The SMILES string of the molecule is Cc1ccc(NC(=S)N/N=C/c2ccc(Cl)c(Cl)c2)cc1. The second kappa shape index (κ2) is 7.41. The van der Waals surface area contributed by atoms with Crippen LogP contribution in [0.25, 0.3) is 0 Å². The first-order chi connectivity index (χ1) is 10.0. The van der Waals surface area contributed by atoms with Gasteiger partial charge in [-0.3, -0.25) is 5.43 Å². The summed E-state index contributed by atoms with van der Waals surface area (Å²) >= 11 is 16.9. The van der Waals surface area contributed by atoms with Crippen molar-refractivity contribution >= 4 is 52.4 Å². The van der Waals surface area contributed by atoms with Crippen molar-refractivity contribution in [1.82, 2.24) is 5.43 Å². The van der Waals surface area contributed by atoms with Crippen LogP contribution in [0, 0.1) is 6.92 Å². The number of thiocarbonyl (C=S) groups is 1. The molecule has 0 saturated heterocycles. The summed E-state index contributed by atoms with van der Waals surface area (Å²) in [4.78, 5) is 0. The molecule has 0 aliphatic carbocycles. The van der Waals surface area contributed by atoms with E-state index in [1.165, 1.54) is 5.56 Å². The van der Waals surface area contributed by atoms with Gasteiger partial charge in [-0.2, -0.15) is 5.10 Å². The van der Waals surface area contributed by atoms with E-state index in [4.69, 9.17) is 35.4 Å². The van der Waals surface area contributed by atoms with Crippen LogP contribution < -0.4 is 10.7 Å². The molecule has 0 aliphatic rings.